The second-order valence-corrected chi connectivity index (χ2v) is 7.29. The molecule has 0 bridgehead atoms. The Labute approximate surface area is 171 Å². The van der Waals surface area contributed by atoms with Crippen LogP contribution in [0.2, 0.25) is 5.02 Å². The maximum Gasteiger partial charge on any atom is 0.255 e. The first-order chi connectivity index (χ1) is 14.0. The number of carbonyl (C=O) groups is 2. The third-order valence-corrected chi connectivity index (χ3v) is 5.07. The Morgan fingerprint density at radius 3 is 2.72 bits per heavy atom. The van der Waals surface area contributed by atoms with Crippen LogP contribution in [0.1, 0.15) is 32.0 Å². The van der Waals surface area contributed by atoms with Crippen LogP contribution in [0.5, 0.6) is 0 Å². The van der Waals surface area contributed by atoms with Crippen molar-refractivity contribution in [1.29, 1.82) is 0 Å². The number of halogens is 2. The number of nitrogens with one attached hydrogen (secondary N) is 2. The first-order valence-electron chi connectivity index (χ1n) is 9.14. The van der Waals surface area contributed by atoms with E-state index >= 15 is 0 Å². The summed E-state index contributed by atoms with van der Waals surface area (Å²) >= 11 is 5.86. The zero-order valence-corrected chi connectivity index (χ0v) is 16.1. The van der Waals surface area contributed by atoms with Gasteiger partial charge in [0, 0.05) is 18.0 Å². The Bertz CT molecular complexity index is 1070. The number of hydrogen-bond acceptors (Lipinski definition) is 3. The van der Waals surface area contributed by atoms with Gasteiger partial charge in [0.15, 0.2) is 0 Å². The van der Waals surface area contributed by atoms with E-state index in [1.165, 1.54) is 18.3 Å². The summed E-state index contributed by atoms with van der Waals surface area (Å²) in [7, 11) is 0. The topological polar surface area (TPSA) is 76.0 Å². The van der Waals surface area contributed by atoms with Crippen molar-refractivity contribution in [1.82, 2.24) is 20.4 Å². The molecule has 2 amide bonds. The maximum absolute atomic E-state index is 13.9. The van der Waals surface area contributed by atoms with Gasteiger partial charge in [0.25, 0.3) is 11.8 Å². The summed E-state index contributed by atoms with van der Waals surface area (Å²) in [5.41, 5.74) is 2.11. The molecule has 6 nitrogen and oxygen atoms in total. The van der Waals surface area contributed by atoms with Crippen molar-refractivity contribution in [2.75, 3.05) is 0 Å². The molecule has 4 rings (SSSR count). The van der Waals surface area contributed by atoms with E-state index in [2.05, 4.69) is 15.7 Å². The minimum Gasteiger partial charge on any atom is -0.348 e. The first kappa shape index (κ1) is 19.1. The van der Waals surface area contributed by atoms with Crippen molar-refractivity contribution >= 4 is 23.4 Å². The maximum atomic E-state index is 13.9. The number of hydrogen-bond donors (Lipinski definition) is 2. The molecule has 2 N–H and O–H groups in total. The van der Waals surface area contributed by atoms with E-state index in [1.54, 1.807) is 4.68 Å². The summed E-state index contributed by atoms with van der Waals surface area (Å²) < 4.78 is 15.6. The van der Waals surface area contributed by atoms with Crippen LogP contribution < -0.4 is 10.6 Å². The molecule has 0 saturated heterocycles. The molecule has 2 aromatic carbocycles. The monoisotopic (exact) mass is 412 g/mol. The molecule has 1 aliphatic rings. The van der Waals surface area contributed by atoms with Gasteiger partial charge in [0.1, 0.15) is 5.82 Å². The van der Waals surface area contributed by atoms with Crippen molar-refractivity contribution < 1.29 is 14.0 Å². The van der Waals surface area contributed by atoms with E-state index in [1.807, 2.05) is 30.3 Å². The van der Waals surface area contributed by atoms with E-state index in [0.29, 0.717) is 25.1 Å². The summed E-state index contributed by atoms with van der Waals surface area (Å²) in [5, 5.41) is 10.2. The average molecular weight is 413 g/mol. The van der Waals surface area contributed by atoms with Crippen LogP contribution in [0.4, 0.5) is 4.39 Å². The Hall–Kier alpha value is -3.19. The van der Waals surface area contributed by atoms with Gasteiger partial charge in [-0.1, -0.05) is 41.9 Å². The fourth-order valence-corrected chi connectivity index (χ4v) is 3.56. The molecule has 1 unspecified atom stereocenters. The van der Waals surface area contributed by atoms with Crippen LogP contribution >= 0.6 is 11.6 Å². The minimum atomic E-state index is -0.636. The predicted molar refractivity (Wildman–Crippen MR) is 106 cm³/mol. The number of aromatic nitrogens is 2. The molecule has 1 atom stereocenters. The van der Waals surface area contributed by atoms with Crippen molar-refractivity contribution in [3.05, 3.63) is 88.0 Å². The van der Waals surface area contributed by atoms with Gasteiger partial charge in [-0.3, -0.25) is 14.3 Å². The van der Waals surface area contributed by atoms with Gasteiger partial charge in [0.05, 0.1) is 35.6 Å². The zero-order chi connectivity index (χ0) is 20.4. The third kappa shape index (κ3) is 4.14. The summed E-state index contributed by atoms with van der Waals surface area (Å²) in [6.45, 7) is 0.827. The highest BCUT2D eigenvalue weighted by molar-refractivity contribution is 6.31. The van der Waals surface area contributed by atoms with Gasteiger partial charge in [-0.15, -0.1) is 0 Å². The average Bonchev–Trinajstić information content (AvgIpc) is 3.28. The van der Waals surface area contributed by atoms with Crippen molar-refractivity contribution in [3.8, 4) is 0 Å². The molecule has 29 heavy (non-hydrogen) atoms. The largest absolute Gasteiger partial charge is 0.348 e. The van der Waals surface area contributed by atoms with Gasteiger partial charge in [-0.05, 0) is 23.8 Å². The molecule has 8 heteroatoms. The van der Waals surface area contributed by atoms with E-state index in [9.17, 15) is 14.0 Å². The van der Waals surface area contributed by atoms with E-state index < -0.39 is 11.7 Å². The lowest BCUT2D eigenvalue weighted by Gasteiger charge is -2.12. The second kappa shape index (κ2) is 8.05. The molecule has 0 radical (unpaired) electrons. The Kier molecular flexibility index (Phi) is 5.31. The standard InChI is InChI=1S/C21H18ClFN4O2/c22-14-6-7-18(23)16(8-14)21(29)26-15-9-19-17(11-25-27(19)12-15)20(28)24-10-13-4-2-1-3-5-13/h1-8,11,15H,9-10,12H2,(H,24,28)(H,26,29). The van der Waals surface area contributed by atoms with Gasteiger partial charge in [0.2, 0.25) is 0 Å². The van der Waals surface area contributed by atoms with Gasteiger partial charge < -0.3 is 10.6 Å². The van der Waals surface area contributed by atoms with Crippen LogP contribution in [0, 0.1) is 5.82 Å². The number of nitrogens with zero attached hydrogens (tertiary/aromatic N) is 2. The molecule has 0 aliphatic carbocycles. The van der Waals surface area contributed by atoms with Crippen LogP contribution in [-0.2, 0) is 19.5 Å². The van der Waals surface area contributed by atoms with Gasteiger partial charge in [-0.25, -0.2) is 4.39 Å². The SMILES string of the molecule is O=C(NC1Cc2c(C(=O)NCc3ccccc3)cnn2C1)c1cc(Cl)ccc1F. The summed E-state index contributed by atoms with van der Waals surface area (Å²) in [5.74, 6) is -1.40. The normalized spacial score (nSPS) is 15.0. The van der Waals surface area contributed by atoms with Crippen LogP contribution in [0.25, 0.3) is 0 Å². The van der Waals surface area contributed by atoms with Crippen molar-refractivity contribution in [2.24, 2.45) is 0 Å². The van der Waals surface area contributed by atoms with E-state index in [4.69, 9.17) is 11.6 Å². The molecule has 1 aliphatic heterocycles. The van der Waals surface area contributed by atoms with E-state index in [-0.39, 0.29) is 22.5 Å². The van der Waals surface area contributed by atoms with E-state index in [0.717, 1.165) is 17.3 Å². The fraction of sp³-hybridized carbons (Fsp3) is 0.190. The van der Waals surface area contributed by atoms with Crippen LogP contribution in [0.3, 0.4) is 0 Å². The first-order valence-corrected chi connectivity index (χ1v) is 9.52. The smallest absolute Gasteiger partial charge is 0.255 e. The fourth-order valence-electron chi connectivity index (χ4n) is 3.38. The number of rotatable bonds is 5. The number of fused-ring (bicyclic) bond motifs is 1. The van der Waals surface area contributed by atoms with Crippen LogP contribution in [0.15, 0.2) is 54.7 Å². The molecule has 2 heterocycles. The Morgan fingerprint density at radius 2 is 1.93 bits per heavy atom. The number of carbonyl (C=O) groups excluding carboxylic acids is 2. The van der Waals surface area contributed by atoms with Gasteiger partial charge in [-0.2, -0.15) is 5.10 Å². The highest BCUT2D eigenvalue weighted by atomic mass is 35.5. The summed E-state index contributed by atoms with van der Waals surface area (Å²) in [6.07, 6.45) is 1.96. The van der Waals surface area contributed by atoms with Crippen LogP contribution in [-0.4, -0.2) is 27.6 Å². The lowest BCUT2D eigenvalue weighted by Crippen LogP contribution is -2.36. The highest BCUT2D eigenvalue weighted by Crippen LogP contribution is 2.20. The number of benzene rings is 2. The quantitative estimate of drug-likeness (QED) is 0.676. The molecule has 3 aromatic rings. The molecule has 0 fully saturated rings. The summed E-state index contributed by atoms with van der Waals surface area (Å²) in [6, 6.07) is 13.2. The minimum absolute atomic E-state index is 0.108. The third-order valence-electron chi connectivity index (χ3n) is 4.83. The number of amides is 2. The Balaban J connectivity index is 1.40. The molecule has 148 valence electrons. The lowest BCUT2D eigenvalue weighted by molar-refractivity contribution is 0.0931. The predicted octanol–water partition coefficient (Wildman–Crippen LogP) is 2.96. The molecule has 1 aromatic heterocycles. The lowest BCUT2D eigenvalue weighted by atomic mass is 10.1. The molecule has 0 saturated carbocycles. The molecule has 0 spiro atoms. The van der Waals surface area contributed by atoms with Crippen molar-refractivity contribution in [3.63, 3.8) is 0 Å². The van der Waals surface area contributed by atoms with Gasteiger partial charge >= 0.3 is 0 Å². The highest BCUT2D eigenvalue weighted by Gasteiger charge is 2.29. The van der Waals surface area contributed by atoms with Crippen molar-refractivity contribution in [2.45, 2.75) is 25.6 Å². The zero-order valence-electron chi connectivity index (χ0n) is 15.4. The Morgan fingerprint density at radius 1 is 1.14 bits per heavy atom. The molecular formula is C21H18ClFN4O2. The molecular weight excluding hydrogens is 395 g/mol. The summed E-state index contributed by atoms with van der Waals surface area (Å²) in [4.78, 5) is 25.0. The second-order valence-electron chi connectivity index (χ2n) is 6.85.